The Morgan fingerprint density at radius 2 is 1.51 bits per heavy atom. The van der Waals surface area contributed by atoms with E-state index in [1.54, 1.807) is 65.9 Å². The van der Waals surface area contributed by atoms with Crippen LogP contribution in [0.4, 0.5) is 0 Å². The van der Waals surface area contributed by atoms with Crippen LogP contribution in [0.3, 0.4) is 0 Å². The van der Waals surface area contributed by atoms with Crippen LogP contribution in [-0.2, 0) is 14.4 Å². The van der Waals surface area contributed by atoms with E-state index in [9.17, 15) is 34.5 Å². The van der Waals surface area contributed by atoms with Crippen LogP contribution in [0, 0.1) is 18.3 Å². The zero-order valence-electron chi connectivity index (χ0n) is 43.3. The second-order valence-corrected chi connectivity index (χ2v) is 23.1. The van der Waals surface area contributed by atoms with Crippen molar-refractivity contribution in [3.63, 3.8) is 0 Å². The molecular formula is C59H71N5O8S2. The third-order valence-corrected chi connectivity index (χ3v) is 16.7. The largest absolute Gasteiger partial charge is 0.508 e. The molecule has 0 bridgehead atoms. The summed E-state index contributed by atoms with van der Waals surface area (Å²) in [6, 6.07) is 25.1. The number of phenols is 2. The maximum absolute atomic E-state index is 14.2. The highest BCUT2D eigenvalue weighted by atomic mass is 32.1. The summed E-state index contributed by atoms with van der Waals surface area (Å²) in [7, 11) is 0. The molecule has 8 rings (SSSR count). The van der Waals surface area contributed by atoms with Gasteiger partial charge in [0.1, 0.15) is 35.9 Å². The number of amides is 3. The third kappa shape index (κ3) is 13.6. The fraction of sp³-hybridized carbons (Fsp3) is 0.441. The highest BCUT2D eigenvalue weighted by molar-refractivity contribution is 7.22. The van der Waals surface area contributed by atoms with E-state index in [1.165, 1.54) is 35.5 Å². The summed E-state index contributed by atoms with van der Waals surface area (Å²) in [5.74, 6) is 0.653. The van der Waals surface area contributed by atoms with Crippen LogP contribution in [-0.4, -0.2) is 105 Å². The molecule has 2 aromatic heterocycles. The Labute approximate surface area is 443 Å². The fourth-order valence-electron chi connectivity index (χ4n) is 10.0. The highest BCUT2D eigenvalue weighted by Crippen LogP contribution is 2.42. The number of carbonyl (C=O) groups is 4. The molecular weight excluding hydrogens is 971 g/mol. The van der Waals surface area contributed by atoms with Gasteiger partial charge in [-0.05, 0) is 141 Å². The second-order valence-electron chi connectivity index (χ2n) is 21.2. The number of thiophene rings is 1. The van der Waals surface area contributed by atoms with Gasteiger partial charge in [-0.25, -0.2) is 4.98 Å². The number of rotatable bonds is 23. The number of carbonyl (C=O) groups excluding carboxylic acids is 4. The van der Waals surface area contributed by atoms with E-state index < -0.39 is 23.6 Å². The molecule has 1 saturated heterocycles. The lowest BCUT2D eigenvalue weighted by molar-refractivity contribution is -0.144. The summed E-state index contributed by atoms with van der Waals surface area (Å²) in [6.07, 6.45) is 8.01. The van der Waals surface area contributed by atoms with Crippen LogP contribution in [0.2, 0.25) is 0 Å². The normalized spacial score (nSPS) is 16.8. The Kier molecular flexibility index (Phi) is 17.9. The average Bonchev–Trinajstić information content (AvgIpc) is 4.09. The molecule has 13 nitrogen and oxygen atoms in total. The number of phenolic OH excluding ortho intramolecular Hbond substituents is 2. The molecule has 4 atom stereocenters. The van der Waals surface area contributed by atoms with E-state index in [1.807, 2.05) is 76.5 Å². The number of β-amino-alcohol motifs (C(OH)–C–C–N with tert-alkyl or cyclic N) is 1. The van der Waals surface area contributed by atoms with Gasteiger partial charge in [0, 0.05) is 58.6 Å². The van der Waals surface area contributed by atoms with Crippen LogP contribution in [0.25, 0.3) is 31.0 Å². The number of aliphatic hydroxyl groups excluding tert-OH is 1. The molecule has 1 aliphatic heterocycles. The third-order valence-electron chi connectivity index (χ3n) is 14.5. The fourth-order valence-corrected chi connectivity index (χ4v) is 12.1. The number of ether oxygens (including phenoxy) is 1. The van der Waals surface area contributed by atoms with Gasteiger partial charge < -0.3 is 35.6 Å². The zero-order chi connectivity index (χ0) is 52.5. The maximum Gasteiger partial charge on any atom is 0.246 e. The van der Waals surface area contributed by atoms with Gasteiger partial charge >= 0.3 is 0 Å². The molecule has 1 saturated carbocycles. The minimum absolute atomic E-state index is 0.0218. The summed E-state index contributed by atoms with van der Waals surface area (Å²) in [5.41, 5.74) is 6.04. The van der Waals surface area contributed by atoms with Crippen LogP contribution < -0.4 is 15.4 Å². The molecule has 74 heavy (non-hydrogen) atoms. The van der Waals surface area contributed by atoms with E-state index in [-0.39, 0.29) is 54.0 Å². The number of thiazole rings is 1. The quantitative estimate of drug-likeness (QED) is 0.0306. The number of fused-ring (bicyclic) bond motifs is 1. The molecule has 2 aliphatic rings. The van der Waals surface area contributed by atoms with Crippen molar-refractivity contribution in [2.24, 2.45) is 11.3 Å². The minimum atomic E-state index is -0.869. The molecule has 4 unspecified atom stereocenters. The molecule has 392 valence electrons. The van der Waals surface area contributed by atoms with E-state index in [0.717, 1.165) is 87.5 Å². The van der Waals surface area contributed by atoms with Gasteiger partial charge in [-0.1, -0.05) is 70.7 Å². The number of unbranched alkanes of at least 4 members (excludes halogenated alkanes) is 4. The smallest absolute Gasteiger partial charge is 0.246 e. The first-order chi connectivity index (χ1) is 35.5. The molecule has 5 N–H and O–H groups in total. The minimum Gasteiger partial charge on any atom is -0.508 e. The number of nitrogens with zero attached hydrogens (tertiary/aromatic N) is 3. The summed E-state index contributed by atoms with van der Waals surface area (Å²) in [4.78, 5) is 65.6. The lowest BCUT2D eigenvalue weighted by Crippen LogP contribution is -2.57. The van der Waals surface area contributed by atoms with Crippen molar-refractivity contribution in [1.29, 1.82) is 0 Å². The first kappa shape index (κ1) is 54.1. The Morgan fingerprint density at radius 3 is 2.19 bits per heavy atom. The summed E-state index contributed by atoms with van der Waals surface area (Å²) in [5, 5.41) is 37.6. The second kappa shape index (κ2) is 24.5. The van der Waals surface area contributed by atoms with Crippen LogP contribution in [0.5, 0.6) is 17.2 Å². The number of ketones is 1. The van der Waals surface area contributed by atoms with Crippen molar-refractivity contribution in [2.75, 3.05) is 32.8 Å². The van der Waals surface area contributed by atoms with Crippen molar-refractivity contribution in [3.8, 4) is 38.1 Å². The van der Waals surface area contributed by atoms with Gasteiger partial charge in [-0.2, -0.15) is 0 Å². The van der Waals surface area contributed by atoms with Crippen molar-refractivity contribution in [3.05, 3.63) is 119 Å². The lowest BCUT2D eigenvalue weighted by Gasteiger charge is -2.35. The van der Waals surface area contributed by atoms with E-state index >= 15 is 0 Å². The Hall–Kier alpha value is -6.13. The average molecular weight is 1040 g/mol. The summed E-state index contributed by atoms with van der Waals surface area (Å²) >= 11 is 3.02. The van der Waals surface area contributed by atoms with E-state index in [2.05, 4.69) is 20.5 Å². The van der Waals surface area contributed by atoms with Gasteiger partial charge in [-0.15, -0.1) is 22.7 Å². The van der Waals surface area contributed by atoms with Crippen LogP contribution in [0.15, 0.2) is 96.5 Å². The first-order valence-electron chi connectivity index (χ1n) is 26.2. The Bertz CT molecular complexity index is 2870. The van der Waals surface area contributed by atoms with Gasteiger partial charge in [-0.3, -0.25) is 24.1 Å². The van der Waals surface area contributed by atoms with Gasteiger partial charge in [0.15, 0.2) is 5.78 Å². The molecule has 6 aromatic rings. The van der Waals surface area contributed by atoms with Gasteiger partial charge in [0.25, 0.3) is 0 Å². The van der Waals surface area contributed by atoms with Crippen molar-refractivity contribution < 1.29 is 39.2 Å². The zero-order valence-corrected chi connectivity index (χ0v) is 44.9. The lowest BCUT2D eigenvalue weighted by atomic mass is 9.85. The number of aromatic hydroxyl groups is 2. The predicted octanol–water partition coefficient (Wildman–Crippen LogP) is 10.8. The Balaban J connectivity index is 0.767. The number of hydrogen-bond donors (Lipinski definition) is 5. The number of aromatic nitrogens is 1. The van der Waals surface area contributed by atoms with Crippen LogP contribution >= 0.6 is 22.7 Å². The standard InChI is InChI=1S/C59H71N5O8S2/c1-37(40-15-17-42(18-16-40)54-38(2)60-36-73-54)61-57(70)49-32-46(67)35-64(49)58(71)56(59(3,4)5)62-51(68)14-9-7-6-8-10-29-63(34-39-12-11-13-39)30-31-72-47-26-21-41(22-27-47)53(69)52-48-28-25-45(66)33-50(48)74-55(52)43-19-23-44(65)24-20-43/h15-28,33,36-37,39,46,49,56,65-67H,6-14,29-32,34-35H2,1-5H3,(H,61,70)(H,62,68). The molecule has 1 aliphatic carbocycles. The molecule has 3 heterocycles. The van der Waals surface area contributed by atoms with E-state index in [0.29, 0.717) is 42.2 Å². The van der Waals surface area contributed by atoms with Crippen LogP contribution in [0.1, 0.15) is 125 Å². The number of aryl methyl sites for hydroxylation is 1. The highest BCUT2D eigenvalue weighted by Gasteiger charge is 2.44. The SMILES string of the molecule is Cc1ncsc1-c1ccc(C(C)NC(=O)C2CC(O)CN2C(=O)C(NC(=O)CCCCCCCN(CCOc2ccc(C(=O)c3c(-c4ccc(O)cc4)sc4cc(O)ccc34)cc2)CC2CCC2)C(C)(C)C)cc1. The number of aliphatic hydroxyl groups is 1. The molecule has 3 amide bonds. The molecule has 2 fully saturated rings. The van der Waals surface area contributed by atoms with Crippen molar-refractivity contribution >= 4 is 56.3 Å². The summed E-state index contributed by atoms with van der Waals surface area (Å²) in [6.45, 7) is 12.9. The van der Waals surface area contributed by atoms with Crippen molar-refractivity contribution in [2.45, 2.75) is 123 Å². The molecule has 4 aromatic carbocycles. The van der Waals surface area contributed by atoms with Gasteiger partial charge in [0.05, 0.1) is 28.2 Å². The monoisotopic (exact) mass is 1040 g/mol. The van der Waals surface area contributed by atoms with Gasteiger partial charge in [0.2, 0.25) is 17.7 Å². The topological polar surface area (TPSA) is 182 Å². The Morgan fingerprint density at radius 1 is 0.838 bits per heavy atom. The number of benzene rings is 4. The maximum atomic E-state index is 14.2. The number of hydrogen-bond acceptors (Lipinski definition) is 12. The molecule has 15 heteroatoms. The number of nitrogens with one attached hydrogen (secondary N) is 2. The molecule has 0 radical (unpaired) electrons. The predicted molar refractivity (Wildman–Crippen MR) is 294 cm³/mol. The van der Waals surface area contributed by atoms with E-state index in [4.69, 9.17) is 4.74 Å². The van der Waals surface area contributed by atoms with Crippen molar-refractivity contribution in [1.82, 2.24) is 25.4 Å². The number of likely N-dealkylation sites (tertiary alicyclic amines) is 1. The molecule has 0 spiro atoms. The summed E-state index contributed by atoms with van der Waals surface area (Å²) < 4.78 is 7.03. The first-order valence-corrected chi connectivity index (χ1v) is 27.9.